The molecule has 0 spiro atoms. The summed E-state index contributed by atoms with van der Waals surface area (Å²) < 4.78 is 43.3. The summed E-state index contributed by atoms with van der Waals surface area (Å²) in [5, 5.41) is 13.6. The molecule has 1 fully saturated rings. The van der Waals surface area contributed by atoms with Crippen molar-refractivity contribution in [3.05, 3.63) is 47.5 Å². The van der Waals surface area contributed by atoms with E-state index in [9.17, 15) is 17.9 Å². The van der Waals surface area contributed by atoms with Crippen LogP contribution in [-0.2, 0) is 17.1 Å². The molecule has 1 saturated carbocycles. The van der Waals surface area contributed by atoms with Gasteiger partial charge in [0.1, 0.15) is 5.82 Å². The Morgan fingerprint density at radius 3 is 2.67 bits per heavy atom. The zero-order valence-corrected chi connectivity index (χ0v) is 14.3. The van der Waals surface area contributed by atoms with E-state index in [0.717, 1.165) is 11.6 Å². The first-order valence-electron chi connectivity index (χ1n) is 7.71. The van der Waals surface area contributed by atoms with Crippen LogP contribution in [0.25, 0.3) is 0 Å². The molecule has 0 aliphatic heterocycles. The number of hydrogen-bond donors (Lipinski definition) is 2. The van der Waals surface area contributed by atoms with Crippen molar-refractivity contribution in [3.63, 3.8) is 0 Å². The van der Waals surface area contributed by atoms with E-state index >= 15 is 0 Å². The molecule has 130 valence electrons. The second-order valence-electron chi connectivity index (χ2n) is 6.34. The summed E-state index contributed by atoms with van der Waals surface area (Å²) in [5.41, 5.74) is 1.12. The Morgan fingerprint density at radius 1 is 1.42 bits per heavy atom. The largest absolute Gasteiger partial charge is 0.393 e. The van der Waals surface area contributed by atoms with E-state index in [1.807, 2.05) is 0 Å². The van der Waals surface area contributed by atoms with Crippen LogP contribution in [0.15, 0.2) is 35.5 Å². The van der Waals surface area contributed by atoms with E-state index in [4.69, 9.17) is 0 Å². The summed E-state index contributed by atoms with van der Waals surface area (Å²) in [5.74, 6) is -0.580. The molecule has 0 bridgehead atoms. The highest BCUT2D eigenvalue weighted by Crippen LogP contribution is 2.38. The quantitative estimate of drug-likeness (QED) is 0.856. The summed E-state index contributed by atoms with van der Waals surface area (Å²) in [7, 11) is -2.13. The number of nitrogens with one attached hydrogen (secondary N) is 1. The molecule has 2 N–H and O–H groups in total. The van der Waals surface area contributed by atoms with Gasteiger partial charge in [0.15, 0.2) is 0 Å². The maximum atomic E-state index is 13.7. The summed E-state index contributed by atoms with van der Waals surface area (Å²) >= 11 is 0. The first-order chi connectivity index (χ1) is 11.3. The highest BCUT2D eigenvalue weighted by molar-refractivity contribution is 7.89. The van der Waals surface area contributed by atoms with Crippen LogP contribution in [0.2, 0.25) is 0 Å². The van der Waals surface area contributed by atoms with Crippen LogP contribution in [-0.4, -0.2) is 29.4 Å². The normalized spacial score (nSPS) is 22.2. The van der Waals surface area contributed by atoms with Crippen LogP contribution in [0.5, 0.6) is 0 Å². The lowest BCUT2D eigenvalue weighted by Gasteiger charge is -2.37. The highest BCUT2D eigenvalue weighted by Gasteiger charge is 2.37. The number of halogens is 1. The Kier molecular flexibility index (Phi) is 4.46. The topological polar surface area (TPSA) is 84.2 Å². The lowest BCUT2D eigenvalue weighted by molar-refractivity contribution is 0.0280. The van der Waals surface area contributed by atoms with Gasteiger partial charge >= 0.3 is 0 Å². The Labute approximate surface area is 140 Å². The standard InChI is InChI=1S/C16H20FN3O3S/c1-10-3-4-14(7-15(10)17)24(22,23)19-16(11-5-13(21)6-11)12-8-18-20(2)9-12/h3-4,7-9,11,13,16,19,21H,5-6H2,1-2H3/t11?,13?,16-/m0/s1. The van der Waals surface area contributed by atoms with Gasteiger partial charge in [-0.1, -0.05) is 6.07 Å². The van der Waals surface area contributed by atoms with Crippen molar-refractivity contribution in [2.45, 2.75) is 36.8 Å². The second-order valence-corrected chi connectivity index (χ2v) is 8.06. The van der Waals surface area contributed by atoms with Gasteiger partial charge in [0.25, 0.3) is 0 Å². The molecule has 0 unspecified atom stereocenters. The van der Waals surface area contributed by atoms with Crippen molar-refractivity contribution < 1.29 is 17.9 Å². The summed E-state index contributed by atoms with van der Waals surface area (Å²) in [6.07, 6.45) is 3.98. The Morgan fingerprint density at radius 2 is 2.12 bits per heavy atom. The fraction of sp³-hybridized carbons (Fsp3) is 0.438. The van der Waals surface area contributed by atoms with Gasteiger partial charge in [0.05, 0.1) is 23.2 Å². The zero-order valence-electron chi connectivity index (χ0n) is 13.5. The fourth-order valence-corrected chi connectivity index (χ4v) is 4.22. The lowest BCUT2D eigenvalue weighted by Crippen LogP contribution is -2.41. The van der Waals surface area contributed by atoms with Gasteiger partial charge in [0.2, 0.25) is 10.0 Å². The molecule has 8 heteroatoms. The molecular weight excluding hydrogens is 333 g/mol. The number of sulfonamides is 1. The van der Waals surface area contributed by atoms with Crippen molar-refractivity contribution in [1.29, 1.82) is 0 Å². The molecule has 3 rings (SSSR count). The predicted molar refractivity (Wildman–Crippen MR) is 86.1 cm³/mol. The summed E-state index contributed by atoms with van der Waals surface area (Å²) in [4.78, 5) is -0.112. The van der Waals surface area contributed by atoms with Crippen molar-refractivity contribution in [3.8, 4) is 0 Å². The molecule has 1 atom stereocenters. The van der Waals surface area contributed by atoms with E-state index in [0.29, 0.717) is 18.4 Å². The monoisotopic (exact) mass is 353 g/mol. The van der Waals surface area contributed by atoms with Crippen molar-refractivity contribution in [2.24, 2.45) is 13.0 Å². The number of nitrogens with zero attached hydrogens (tertiary/aromatic N) is 2. The maximum Gasteiger partial charge on any atom is 0.241 e. The van der Waals surface area contributed by atoms with E-state index in [1.165, 1.54) is 12.1 Å². The molecule has 0 radical (unpaired) electrons. The third kappa shape index (κ3) is 3.35. The number of benzene rings is 1. The lowest BCUT2D eigenvalue weighted by atomic mass is 9.76. The molecule has 0 amide bonds. The van der Waals surface area contributed by atoms with Gasteiger partial charge in [-0.2, -0.15) is 5.10 Å². The van der Waals surface area contributed by atoms with Crippen LogP contribution in [0, 0.1) is 18.7 Å². The SMILES string of the molecule is Cc1ccc(S(=O)(=O)N[C@H](c2cnn(C)c2)C2CC(O)C2)cc1F. The number of aliphatic hydroxyl groups excluding tert-OH is 1. The fourth-order valence-electron chi connectivity index (χ4n) is 2.92. The van der Waals surface area contributed by atoms with Gasteiger partial charge in [-0.05, 0) is 43.4 Å². The molecule has 2 aromatic rings. The summed E-state index contributed by atoms with van der Waals surface area (Å²) in [6.45, 7) is 1.58. The molecule has 1 aromatic heterocycles. The van der Waals surface area contributed by atoms with Gasteiger partial charge in [0, 0.05) is 18.8 Å². The van der Waals surface area contributed by atoms with E-state index < -0.39 is 28.0 Å². The van der Waals surface area contributed by atoms with E-state index in [2.05, 4.69) is 9.82 Å². The third-order valence-electron chi connectivity index (χ3n) is 4.44. The molecule has 1 aliphatic carbocycles. The van der Waals surface area contributed by atoms with Gasteiger partial charge in [-0.25, -0.2) is 17.5 Å². The molecule has 1 heterocycles. The smallest absolute Gasteiger partial charge is 0.241 e. The van der Waals surface area contributed by atoms with Crippen LogP contribution < -0.4 is 4.72 Å². The van der Waals surface area contributed by atoms with E-state index in [-0.39, 0.29) is 10.8 Å². The average molecular weight is 353 g/mol. The Balaban J connectivity index is 1.89. The highest BCUT2D eigenvalue weighted by atomic mass is 32.2. The van der Waals surface area contributed by atoms with Crippen LogP contribution in [0.3, 0.4) is 0 Å². The third-order valence-corrected chi connectivity index (χ3v) is 5.88. The molecule has 1 aromatic carbocycles. The Hall–Kier alpha value is -1.77. The first kappa shape index (κ1) is 17.1. The van der Waals surface area contributed by atoms with Crippen LogP contribution in [0.1, 0.15) is 30.0 Å². The van der Waals surface area contributed by atoms with E-state index in [1.54, 1.807) is 31.0 Å². The van der Waals surface area contributed by atoms with Gasteiger partial charge < -0.3 is 5.11 Å². The summed E-state index contributed by atoms with van der Waals surface area (Å²) in [6, 6.07) is 3.34. The number of aromatic nitrogens is 2. The number of rotatable bonds is 5. The number of aryl methyl sites for hydroxylation is 2. The second kappa shape index (κ2) is 6.27. The van der Waals surface area contributed by atoms with Crippen LogP contribution in [0.4, 0.5) is 4.39 Å². The molecule has 6 nitrogen and oxygen atoms in total. The van der Waals surface area contributed by atoms with Crippen molar-refractivity contribution >= 4 is 10.0 Å². The number of hydrogen-bond acceptors (Lipinski definition) is 4. The zero-order chi connectivity index (χ0) is 17.5. The molecule has 0 saturated heterocycles. The van der Waals surface area contributed by atoms with Gasteiger partial charge in [-0.15, -0.1) is 0 Å². The molecule has 1 aliphatic rings. The molecule has 24 heavy (non-hydrogen) atoms. The first-order valence-corrected chi connectivity index (χ1v) is 9.19. The maximum absolute atomic E-state index is 13.7. The minimum Gasteiger partial charge on any atom is -0.393 e. The number of aliphatic hydroxyl groups is 1. The van der Waals surface area contributed by atoms with Crippen LogP contribution >= 0.6 is 0 Å². The van der Waals surface area contributed by atoms with Crippen molar-refractivity contribution in [2.75, 3.05) is 0 Å². The Bertz CT molecular complexity index is 844. The predicted octanol–water partition coefficient (Wildman–Crippen LogP) is 1.66. The average Bonchev–Trinajstić information content (AvgIpc) is 2.91. The minimum atomic E-state index is -3.89. The molecular formula is C16H20FN3O3S. The van der Waals surface area contributed by atoms with Gasteiger partial charge in [-0.3, -0.25) is 4.68 Å². The minimum absolute atomic E-state index is 0.0192. The van der Waals surface area contributed by atoms with Crippen molar-refractivity contribution in [1.82, 2.24) is 14.5 Å².